The summed E-state index contributed by atoms with van der Waals surface area (Å²) in [6.45, 7) is 4.79. The summed E-state index contributed by atoms with van der Waals surface area (Å²) >= 11 is 0. The van der Waals surface area contributed by atoms with Gasteiger partial charge in [0.1, 0.15) is 11.5 Å². The van der Waals surface area contributed by atoms with E-state index in [1.807, 2.05) is 0 Å². The highest BCUT2D eigenvalue weighted by Crippen LogP contribution is 2.58. The van der Waals surface area contributed by atoms with Crippen LogP contribution in [0.25, 0.3) is 0 Å². The van der Waals surface area contributed by atoms with Crippen molar-refractivity contribution in [3.63, 3.8) is 0 Å². The number of rotatable bonds is 3. The zero-order chi connectivity index (χ0) is 17.6. The Morgan fingerprint density at radius 2 is 1.28 bits per heavy atom. The van der Waals surface area contributed by atoms with Gasteiger partial charge in [-0.05, 0) is 78.3 Å². The van der Waals surface area contributed by atoms with Gasteiger partial charge in [0, 0.05) is 5.41 Å². The van der Waals surface area contributed by atoms with Crippen molar-refractivity contribution in [2.75, 3.05) is 0 Å². The Morgan fingerprint density at radius 1 is 0.800 bits per heavy atom. The standard InChI is InChI=1S/C23H28O2/c1-15-14-22(21-5-3-4-20(15)21)23(2,16-6-10-18(24)11-7-16)17-8-12-19(25)13-9-17/h6-13,15,20-22,24-25H,3-5,14H2,1-2H3. The quantitative estimate of drug-likeness (QED) is 0.779. The van der Waals surface area contributed by atoms with E-state index in [1.54, 1.807) is 24.3 Å². The van der Waals surface area contributed by atoms with Gasteiger partial charge in [0.15, 0.2) is 0 Å². The van der Waals surface area contributed by atoms with Crippen molar-refractivity contribution in [2.24, 2.45) is 23.7 Å². The lowest BCUT2D eigenvalue weighted by Crippen LogP contribution is -2.36. The predicted octanol–water partition coefficient (Wildman–Crippen LogP) is 5.48. The van der Waals surface area contributed by atoms with E-state index in [2.05, 4.69) is 38.1 Å². The normalized spacial score (nSPS) is 28.9. The Morgan fingerprint density at radius 3 is 1.80 bits per heavy atom. The summed E-state index contributed by atoms with van der Waals surface area (Å²) in [7, 11) is 0. The van der Waals surface area contributed by atoms with Crippen molar-refractivity contribution in [1.82, 2.24) is 0 Å². The van der Waals surface area contributed by atoms with Crippen molar-refractivity contribution in [1.29, 1.82) is 0 Å². The fraction of sp³-hybridized carbons (Fsp3) is 0.478. The second-order valence-electron chi connectivity index (χ2n) is 8.37. The number of fused-ring (bicyclic) bond motifs is 1. The lowest BCUT2D eigenvalue weighted by atomic mass is 9.63. The first kappa shape index (κ1) is 16.5. The van der Waals surface area contributed by atoms with Gasteiger partial charge >= 0.3 is 0 Å². The maximum atomic E-state index is 9.75. The zero-order valence-corrected chi connectivity index (χ0v) is 15.2. The van der Waals surface area contributed by atoms with Crippen LogP contribution in [0.4, 0.5) is 0 Å². The number of phenols is 2. The van der Waals surface area contributed by atoms with Gasteiger partial charge in [-0.1, -0.05) is 44.5 Å². The first-order valence-electron chi connectivity index (χ1n) is 9.59. The van der Waals surface area contributed by atoms with Crippen LogP contribution in [-0.4, -0.2) is 10.2 Å². The molecule has 4 rings (SSSR count). The minimum absolute atomic E-state index is 0.0978. The average Bonchev–Trinajstić information content (AvgIpc) is 3.20. The number of hydrogen-bond acceptors (Lipinski definition) is 2. The highest BCUT2D eigenvalue weighted by Gasteiger charge is 2.51. The highest BCUT2D eigenvalue weighted by atomic mass is 16.3. The largest absolute Gasteiger partial charge is 0.508 e. The molecule has 2 aromatic rings. The summed E-state index contributed by atoms with van der Waals surface area (Å²) < 4.78 is 0. The molecule has 2 N–H and O–H groups in total. The SMILES string of the molecule is CC1CC(C(C)(c2ccc(O)cc2)c2ccc(O)cc2)C2CCCC12. The molecular formula is C23H28O2. The van der Waals surface area contributed by atoms with Crippen LogP contribution in [0.1, 0.15) is 50.7 Å². The van der Waals surface area contributed by atoms with E-state index in [0.717, 1.165) is 17.8 Å². The Hall–Kier alpha value is -1.96. The van der Waals surface area contributed by atoms with E-state index in [4.69, 9.17) is 0 Å². The Kier molecular flexibility index (Phi) is 4.02. The topological polar surface area (TPSA) is 40.5 Å². The third-order valence-corrected chi connectivity index (χ3v) is 7.17. The van der Waals surface area contributed by atoms with Crippen LogP contribution in [0.15, 0.2) is 48.5 Å². The molecule has 2 aromatic carbocycles. The second-order valence-corrected chi connectivity index (χ2v) is 8.37. The maximum Gasteiger partial charge on any atom is 0.115 e. The van der Waals surface area contributed by atoms with Crippen molar-refractivity contribution in [2.45, 2.75) is 44.9 Å². The van der Waals surface area contributed by atoms with Gasteiger partial charge in [-0.15, -0.1) is 0 Å². The summed E-state index contributed by atoms with van der Waals surface area (Å²) in [6, 6.07) is 15.5. The summed E-state index contributed by atoms with van der Waals surface area (Å²) in [5, 5.41) is 19.5. The molecule has 0 amide bonds. The lowest BCUT2D eigenvalue weighted by Gasteiger charge is -2.40. The molecule has 2 aliphatic rings. The molecule has 0 radical (unpaired) electrons. The summed E-state index contributed by atoms with van der Waals surface area (Å²) in [5.41, 5.74) is 2.43. The molecule has 2 nitrogen and oxygen atoms in total. The van der Waals surface area contributed by atoms with E-state index < -0.39 is 0 Å². The summed E-state index contributed by atoms with van der Waals surface area (Å²) in [6.07, 6.45) is 5.33. The van der Waals surface area contributed by atoms with E-state index >= 15 is 0 Å². The minimum atomic E-state index is -0.0978. The molecule has 2 saturated carbocycles. The molecule has 4 unspecified atom stereocenters. The van der Waals surface area contributed by atoms with Gasteiger partial charge in [0.05, 0.1) is 0 Å². The van der Waals surface area contributed by atoms with Gasteiger partial charge in [0.25, 0.3) is 0 Å². The third kappa shape index (κ3) is 2.63. The Bertz CT molecular complexity index is 686. The molecule has 2 aliphatic carbocycles. The number of hydrogen-bond donors (Lipinski definition) is 2. The Balaban J connectivity index is 1.84. The monoisotopic (exact) mass is 336 g/mol. The minimum Gasteiger partial charge on any atom is -0.508 e. The number of aromatic hydroxyl groups is 2. The van der Waals surface area contributed by atoms with Crippen molar-refractivity contribution in [3.05, 3.63) is 59.7 Å². The molecule has 132 valence electrons. The molecule has 4 atom stereocenters. The molecule has 0 aromatic heterocycles. The van der Waals surface area contributed by atoms with E-state index in [-0.39, 0.29) is 5.41 Å². The first-order valence-corrected chi connectivity index (χ1v) is 9.59. The van der Waals surface area contributed by atoms with Crippen LogP contribution in [0.5, 0.6) is 11.5 Å². The fourth-order valence-corrected chi connectivity index (χ4v) is 5.85. The molecule has 0 aliphatic heterocycles. The smallest absolute Gasteiger partial charge is 0.115 e. The van der Waals surface area contributed by atoms with E-state index in [0.29, 0.717) is 17.4 Å². The maximum absolute atomic E-state index is 9.75. The molecule has 2 fully saturated rings. The van der Waals surface area contributed by atoms with Crippen molar-refractivity contribution in [3.8, 4) is 11.5 Å². The molecule has 0 spiro atoms. The van der Waals surface area contributed by atoms with Gasteiger partial charge in [-0.3, -0.25) is 0 Å². The van der Waals surface area contributed by atoms with Gasteiger partial charge < -0.3 is 10.2 Å². The first-order chi connectivity index (χ1) is 12.0. The molecule has 0 saturated heterocycles. The zero-order valence-electron chi connectivity index (χ0n) is 15.2. The van der Waals surface area contributed by atoms with Crippen molar-refractivity contribution >= 4 is 0 Å². The van der Waals surface area contributed by atoms with Crippen LogP contribution >= 0.6 is 0 Å². The predicted molar refractivity (Wildman–Crippen MR) is 101 cm³/mol. The van der Waals surface area contributed by atoms with Gasteiger partial charge in [-0.25, -0.2) is 0 Å². The average molecular weight is 336 g/mol. The van der Waals surface area contributed by atoms with Crippen LogP contribution in [-0.2, 0) is 5.41 Å². The molecule has 0 bridgehead atoms. The summed E-state index contributed by atoms with van der Waals surface area (Å²) in [4.78, 5) is 0. The second kappa shape index (κ2) is 6.09. The van der Waals surface area contributed by atoms with Gasteiger partial charge in [-0.2, -0.15) is 0 Å². The fourth-order valence-electron chi connectivity index (χ4n) is 5.85. The molecule has 0 heterocycles. The number of benzene rings is 2. The third-order valence-electron chi connectivity index (χ3n) is 7.17. The summed E-state index contributed by atoms with van der Waals surface area (Å²) in [5.74, 6) is 3.65. The van der Waals surface area contributed by atoms with E-state index in [1.165, 1.54) is 36.8 Å². The van der Waals surface area contributed by atoms with Crippen LogP contribution in [0, 0.1) is 23.7 Å². The van der Waals surface area contributed by atoms with Crippen LogP contribution in [0.3, 0.4) is 0 Å². The molecule has 25 heavy (non-hydrogen) atoms. The number of phenolic OH excluding ortho intramolecular Hbond substituents is 2. The lowest BCUT2D eigenvalue weighted by molar-refractivity contribution is 0.251. The van der Waals surface area contributed by atoms with Crippen LogP contribution < -0.4 is 0 Å². The Labute approximate surface area is 150 Å². The molecular weight excluding hydrogens is 308 g/mol. The highest BCUT2D eigenvalue weighted by molar-refractivity contribution is 5.43. The van der Waals surface area contributed by atoms with E-state index in [9.17, 15) is 10.2 Å². The van der Waals surface area contributed by atoms with Crippen LogP contribution in [0.2, 0.25) is 0 Å². The van der Waals surface area contributed by atoms with Gasteiger partial charge in [0.2, 0.25) is 0 Å². The molecule has 2 heteroatoms. The van der Waals surface area contributed by atoms with Crippen molar-refractivity contribution < 1.29 is 10.2 Å².